The minimum Gasteiger partial charge on any atom is -0.395 e. The standard InChI is InChI=1S/C14H16N2O3S/c1-15-6-7-16(14(19)13(15)18)10-12-11(5-9-20-12)4-2-3-8-17/h5,9,17H,3,6-8,10H2,1H3. The Morgan fingerprint density at radius 2 is 2.15 bits per heavy atom. The summed E-state index contributed by atoms with van der Waals surface area (Å²) in [5.41, 5.74) is 0.864. The molecule has 2 amide bonds. The number of aliphatic hydroxyl groups excluding tert-OH is 1. The van der Waals surface area contributed by atoms with E-state index in [9.17, 15) is 9.59 Å². The number of rotatable bonds is 3. The van der Waals surface area contributed by atoms with Crippen LogP contribution < -0.4 is 0 Å². The van der Waals surface area contributed by atoms with Gasteiger partial charge in [-0.1, -0.05) is 11.8 Å². The molecule has 0 unspecified atom stereocenters. The van der Waals surface area contributed by atoms with Gasteiger partial charge in [0, 0.05) is 37.0 Å². The van der Waals surface area contributed by atoms with Gasteiger partial charge < -0.3 is 14.9 Å². The third-order valence-corrected chi connectivity index (χ3v) is 3.97. The second-order valence-electron chi connectivity index (χ2n) is 4.49. The molecule has 2 rings (SSSR count). The largest absolute Gasteiger partial charge is 0.395 e. The second-order valence-corrected chi connectivity index (χ2v) is 5.49. The van der Waals surface area contributed by atoms with E-state index >= 15 is 0 Å². The number of carbonyl (C=O) groups excluding carboxylic acids is 2. The number of hydrogen-bond acceptors (Lipinski definition) is 4. The summed E-state index contributed by atoms with van der Waals surface area (Å²) in [7, 11) is 1.63. The molecule has 0 aliphatic carbocycles. The van der Waals surface area contributed by atoms with Crippen LogP contribution in [0.3, 0.4) is 0 Å². The number of carbonyl (C=O) groups is 2. The molecule has 1 fully saturated rings. The maximum absolute atomic E-state index is 11.9. The highest BCUT2D eigenvalue weighted by Gasteiger charge is 2.30. The average Bonchev–Trinajstić information content (AvgIpc) is 2.87. The van der Waals surface area contributed by atoms with Crippen molar-refractivity contribution >= 4 is 23.2 Å². The molecule has 20 heavy (non-hydrogen) atoms. The molecular weight excluding hydrogens is 276 g/mol. The number of likely N-dealkylation sites (N-methyl/N-ethyl adjacent to an activating group) is 1. The Hall–Kier alpha value is -1.84. The van der Waals surface area contributed by atoms with Crippen LogP contribution in [0.15, 0.2) is 11.4 Å². The van der Waals surface area contributed by atoms with Gasteiger partial charge in [0.05, 0.1) is 13.2 Å². The summed E-state index contributed by atoms with van der Waals surface area (Å²) >= 11 is 1.52. The van der Waals surface area contributed by atoms with Crippen molar-refractivity contribution in [2.24, 2.45) is 0 Å². The first kappa shape index (κ1) is 14.6. The first-order valence-electron chi connectivity index (χ1n) is 6.34. The van der Waals surface area contributed by atoms with Gasteiger partial charge in [0.1, 0.15) is 0 Å². The van der Waals surface area contributed by atoms with Gasteiger partial charge >= 0.3 is 11.8 Å². The highest BCUT2D eigenvalue weighted by molar-refractivity contribution is 7.10. The van der Waals surface area contributed by atoms with E-state index in [1.165, 1.54) is 16.2 Å². The van der Waals surface area contributed by atoms with Crippen LogP contribution in [0, 0.1) is 11.8 Å². The molecule has 1 N–H and O–H groups in total. The van der Waals surface area contributed by atoms with E-state index in [4.69, 9.17) is 5.11 Å². The van der Waals surface area contributed by atoms with Crippen LogP contribution in [0.2, 0.25) is 0 Å². The van der Waals surface area contributed by atoms with E-state index in [2.05, 4.69) is 11.8 Å². The highest BCUT2D eigenvalue weighted by Crippen LogP contribution is 2.19. The lowest BCUT2D eigenvalue weighted by molar-refractivity contribution is -0.155. The summed E-state index contributed by atoms with van der Waals surface area (Å²) in [6.45, 7) is 1.56. The lowest BCUT2D eigenvalue weighted by Crippen LogP contribution is -2.52. The number of aliphatic hydroxyl groups is 1. The third-order valence-electron chi connectivity index (χ3n) is 3.06. The molecule has 1 aromatic rings. The van der Waals surface area contributed by atoms with Gasteiger partial charge in [0.15, 0.2) is 0 Å². The maximum Gasteiger partial charge on any atom is 0.312 e. The summed E-state index contributed by atoms with van der Waals surface area (Å²) in [4.78, 5) is 27.5. The van der Waals surface area contributed by atoms with Crippen LogP contribution in [-0.2, 0) is 16.1 Å². The number of piperazine rings is 1. The number of nitrogens with zero attached hydrogens (tertiary/aromatic N) is 2. The summed E-state index contributed by atoms with van der Waals surface area (Å²) in [6.07, 6.45) is 0.432. The van der Waals surface area contributed by atoms with Crippen LogP contribution in [0.25, 0.3) is 0 Å². The Bertz CT molecular complexity index is 570. The third kappa shape index (κ3) is 3.18. The van der Waals surface area contributed by atoms with Crippen LogP contribution in [0.5, 0.6) is 0 Å². The molecule has 1 aliphatic heterocycles. The van der Waals surface area contributed by atoms with E-state index in [0.717, 1.165) is 10.4 Å². The molecule has 0 radical (unpaired) electrons. The van der Waals surface area contributed by atoms with Gasteiger partial charge in [-0.2, -0.15) is 0 Å². The average molecular weight is 292 g/mol. The zero-order valence-corrected chi connectivity index (χ0v) is 12.1. The topological polar surface area (TPSA) is 60.9 Å². The van der Waals surface area contributed by atoms with Crippen molar-refractivity contribution in [1.29, 1.82) is 0 Å². The first-order valence-corrected chi connectivity index (χ1v) is 7.22. The molecule has 0 aromatic carbocycles. The molecule has 1 aromatic heterocycles. The van der Waals surface area contributed by atoms with Crippen LogP contribution >= 0.6 is 11.3 Å². The number of hydrogen-bond donors (Lipinski definition) is 1. The molecule has 1 aliphatic rings. The minimum absolute atomic E-state index is 0.0396. The van der Waals surface area contributed by atoms with Crippen molar-refractivity contribution in [3.05, 3.63) is 21.9 Å². The van der Waals surface area contributed by atoms with Crippen LogP contribution in [0.4, 0.5) is 0 Å². The fourth-order valence-corrected chi connectivity index (χ4v) is 2.73. The van der Waals surface area contributed by atoms with Gasteiger partial charge in [0.2, 0.25) is 0 Å². The predicted molar refractivity (Wildman–Crippen MR) is 76.0 cm³/mol. The van der Waals surface area contributed by atoms with E-state index in [-0.39, 0.29) is 6.61 Å². The molecule has 0 atom stereocenters. The molecule has 0 spiro atoms. The molecule has 2 heterocycles. The van der Waals surface area contributed by atoms with E-state index in [0.29, 0.717) is 26.1 Å². The predicted octanol–water partition coefficient (Wildman–Crippen LogP) is 0.283. The van der Waals surface area contributed by atoms with E-state index < -0.39 is 11.8 Å². The molecule has 1 saturated heterocycles. The molecule has 5 nitrogen and oxygen atoms in total. The van der Waals surface area contributed by atoms with Gasteiger partial charge in [-0.25, -0.2) is 0 Å². The van der Waals surface area contributed by atoms with Crippen molar-refractivity contribution in [2.75, 3.05) is 26.7 Å². The van der Waals surface area contributed by atoms with Crippen LogP contribution in [0.1, 0.15) is 16.9 Å². The van der Waals surface area contributed by atoms with Gasteiger partial charge in [-0.15, -0.1) is 11.3 Å². The minimum atomic E-state index is -0.458. The number of thiophene rings is 1. The highest BCUT2D eigenvalue weighted by atomic mass is 32.1. The Labute approximate surface area is 121 Å². The molecule has 0 saturated carbocycles. The van der Waals surface area contributed by atoms with Crippen molar-refractivity contribution in [2.45, 2.75) is 13.0 Å². The smallest absolute Gasteiger partial charge is 0.312 e. The maximum atomic E-state index is 11.9. The summed E-state index contributed by atoms with van der Waals surface area (Å²) in [5, 5.41) is 10.6. The van der Waals surface area contributed by atoms with Gasteiger partial charge in [-0.05, 0) is 11.4 Å². The van der Waals surface area contributed by atoms with Crippen molar-refractivity contribution < 1.29 is 14.7 Å². The fraction of sp³-hybridized carbons (Fsp3) is 0.429. The Morgan fingerprint density at radius 3 is 2.90 bits per heavy atom. The van der Waals surface area contributed by atoms with E-state index in [1.54, 1.807) is 11.9 Å². The number of amides is 2. The summed E-state index contributed by atoms with van der Waals surface area (Å²) in [5.74, 6) is 4.94. The molecular formula is C14H16N2O3S. The zero-order chi connectivity index (χ0) is 14.5. The SMILES string of the molecule is CN1CCN(Cc2sccc2C#CCCO)C(=O)C1=O. The van der Waals surface area contributed by atoms with Gasteiger partial charge in [0.25, 0.3) is 0 Å². The summed E-state index contributed by atoms with van der Waals surface area (Å²) < 4.78 is 0. The monoisotopic (exact) mass is 292 g/mol. The molecule has 0 bridgehead atoms. The van der Waals surface area contributed by atoms with Crippen LogP contribution in [-0.4, -0.2) is 53.5 Å². The second kappa shape index (κ2) is 6.55. The van der Waals surface area contributed by atoms with Crippen molar-refractivity contribution in [3.8, 4) is 11.8 Å². The lowest BCUT2D eigenvalue weighted by atomic mass is 10.2. The quantitative estimate of drug-likeness (QED) is 0.643. The van der Waals surface area contributed by atoms with Crippen molar-refractivity contribution in [1.82, 2.24) is 9.80 Å². The van der Waals surface area contributed by atoms with Gasteiger partial charge in [-0.3, -0.25) is 9.59 Å². The Morgan fingerprint density at radius 1 is 1.35 bits per heavy atom. The molecule has 6 heteroatoms. The normalized spacial score (nSPS) is 15.3. The lowest BCUT2D eigenvalue weighted by Gasteiger charge is -2.31. The first-order chi connectivity index (χ1) is 9.63. The Kier molecular flexibility index (Phi) is 4.77. The molecule has 106 valence electrons. The van der Waals surface area contributed by atoms with Crippen molar-refractivity contribution in [3.63, 3.8) is 0 Å². The Balaban J connectivity index is 2.08. The fourth-order valence-electron chi connectivity index (χ4n) is 1.88. The van der Waals surface area contributed by atoms with E-state index in [1.807, 2.05) is 11.4 Å². The zero-order valence-electron chi connectivity index (χ0n) is 11.3. The summed E-state index contributed by atoms with van der Waals surface area (Å²) in [6, 6.07) is 1.90.